The lowest BCUT2D eigenvalue weighted by Crippen LogP contribution is -2.54. The average Bonchev–Trinajstić information content (AvgIpc) is 2.50. The number of hydrogen-bond acceptors (Lipinski definition) is 6. The summed E-state index contributed by atoms with van der Waals surface area (Å²) in [6.45, 7) is 8.84. The fraction of sp³-hybridized carbons (Fsp3) is 0.643. The molecule has 116 valence electrons. The Labute approximate surface area is 125 Å². The van der Waals surface area contributed by atoms with Crippen molar-refractivity contribution in [2.75, 3.05) is 43.1 Å². The summed E-state index contributed by atoms with van der Waals surface area (Å²) in [7, 11) is 0. The Morgan fingerprint density at radius 2 is 2.29 bits per heavy atom. The average molecular weight is 293 g/mol. The van der Waals surface area contributed by atoms with Crippen molar-refractivity contribution in [3.8, 4) is 0 Å². The molecule has 2 rings (SSSR count). The van der Waals surface area contributed by atoms with Crippen LogP contribution in [0.1, 0.15) is 19.4 Å². The van der Waals surface area contributed by atoms with Crippen molar-refractivity contribution in [3.05, 3.63) is 11.8 Å². The van der Waals surface area contributed by atoms with E-state index in [0.29, 0.717) is 32.3 Å². The molecule has 1 fully saturated rings. The number of nitrogens with one attached hydrogen (secondary N) is 2. The molecule has 0 radical (unpaired) electrons. The number of ether oxygens (including phenoxy) is 1. The third-order valence-corrected chi connectivity index (χ3v) is 3.33. The van der Waals surface area contributed by atoms with Crippen LogP contribution in [-0.4, -0.2) is 54.8 Å². The number of likely N-dealkylation sites (N-methyl/N-ethyl adjacent to an activating group) is 1. The van der Waals surface area contributed by atoms with Crippen molar-refractivity contribution < 1.29 is 9.53 Å². The van der Waals surface area contributed by atoms with Crippen molar-refractivity contribution in [2.24, 2.45) is 0 Å². The number of aromatic nitrogens is 2. The molecular weight excluding hydrogens is 270 g/mol. The quantitative estimate of drug-likeness (QED) is 0.826. The molecule has 1 unspecified atom stereocenters. The van der Waals surface area contributed by atoms with E-state index >= 15 is 0 Å². The van der Waals surface area contributed by atoms with Crippen LogP contribution in [0.15, 0.2) is 6.20 Å². The number of nitrogens with zero attached hydrogens (tertiary/aromatic N) is 3. The lowest BCUT2D eigenvalue weighted by Gasteiger charge is -2.36. The van der Waals surface area contributed by atoms with Crippen LogP contribution in [-0.2, 0) is 9.53 Å². The zero-order valence-electron chi connectivity index (χ0n) is 12.8. The van der Waals surface area contributed by atoms with Gasteiger partial charge in [0.1, 0.15) is 11.9 Å². The van der Waals surface area contributed by atoms with Gasteiger partial charge < -0.3 is 20.3 Å². The van der Waals surface area contributed by atoms with Crippen molar-refractivity contribution in [3.63, 3.8) is 0 Å². The second-order valence-electron chi connectivity index (χ2n) is 4.91. The first-order valence-electron chi connectivity index (χ1n) is 7.37. The van der Waals surface area contributed by atoms with Crippen molar-refractivity contribution >= 4 is 17.7 Å². The topological polar surface area (TPSA) is 79.4 Å². The third-order valence-electron chi connectivity index (χ3n) is 3.33. The van der Waals surface area contributed by atoms with E-state index in [2.05, 4.69) is 20.6 Å². The Bertz CT molecular complexity index is 494. The van der Waals surface area contributed by atoms with Crippen molar-refractivity contribution in [1.82, 2.24) is 15.3 Å². The summed E-state index contributed by atoms with van der Waals surface area (Å²) in [6, 6.07) is -0.346. The van der Waals surface area contributed by atoms with E-state index in [0.717, 1.165) is 17.9 Å². The molecule has 1 atom stereocenters. The number of amides is 1. The van der Waals surface area contributed by atoms with Gasteiger partial charge in [0.25, 0.3) is 0 Å². The molecule has 0 bridgehead atoms. The molecule has 0 aliphatic carbocycles. The number of carbonyl (C=O) groups excluding carboxylic acids is 1. The van der Waals surface area contributed by atoms with Gasteiger partial charge in [0, 0.05) is 31.4 Å². The summed E-state index contributed by atoms with van der Waals surface area (Å²) in [5, 5.41) is 5.96. The molecule has 1 aliphatic rings. The highest BCUT2D eigenvalue weighted by Gasteiger charge is 2.31. The predicted octanol–water partition coefficient (Wildman–Crippen LogP) is 0.558. The molecule has 0 saturated carbocycles. The van der Waals surface area contributed by atoms with E-state index in [4.69, 9.17) is 4.74 Å². The summed E-state index contributed by atoms with van der Waals surface area (Å²) in [6.07, 6.45) is 1.78. The fourth-order valence-corrected chi connectivity index (χ4v) is 2.33. The second kappa shape index (κ2) is 7.21. The lowest BCUT2D eigenvalue weighted by atomic mass is 10.2. The van der Waals surface area contributed by atoms with Crippen LogP contribution in [0.3, 0.4) is 0 Å². The van der Waals surface area contributed by atoms with Crippen LogP contribution in [0.25, 0.3) is 0 Å². The summed E-state index contributed by atoms with van der Waals surface area (Å²) in [5.41, 5.74) is 0.952. The molecule has 2 N–H and O–H groups in total. The van der Waals surface area contributed by atoms with E-state index < -0.39 is 0 Å². The third kappa shape index (κ3) is 3.60. The number of aryl methyl sites for hydroxylation is 1. The molecule has 1 aromatic heterocycles. The van der Waals surface area contributed by atoms with Crippen LogP contribution < -0.4 is 15.5 Å². The molecule has 1 aromatic rings. The first-order valence-corrected chi connectivity index (χ1v) is 7.37. The Balaban J connectivity index is 2.28. The first kappa shape index (κ1) is 15.5. The number of hydrogen-bond donors (Lipinski definition) is 2. The molecule has 1 saturated heterocycles. The fourth-order valence-electron chi connectivity index (χ4n) is 2.33. The largest absolute Gasteiger partial charge is 0.377 e. The minimum absolute atomic E-state index is 0.0276. The van der Waals surface area contributed by atoms with E-state index in [-0.39, 0.29) is 11.9 Å². The standard InChI is InChI=1S/C14H23N5O2/c1-4-15-13(20)11-9-21-7-6-19(11)12-10(3)8-17-14(18-12)16-5-2/h8,11H,4-7,9H2,1-3H3,(H,15,20)(H,16,17,18). The monoisotopic (exact) mass is 293 g/mol. The van der Waals surface area contributed by atoms with Crippen LogP contribution in [0.5, 0.6) is 0 Å². The molecule has 2 heterocycles. The SMILES string of the molecule is CCNC(=O)C1COCCN1c1nc(NCC)ncc1C. The van der Waals surface area contributed by atoms with E-state index in [1.165, 1.54) is 0 Å². The highest BCUT2D eigenvalue weighted by atomic mass is 16.5. The maximum Gasteiger partial charge on any atom is 0.245 e. The number of carbonyl (C=O) groups is 1. The summed E-state index contributed by atoms with van der Waals surface area (Å²) < 4.78 is 5.46. The zero-order chi connectivity index (χ0) is 15.2. The molecular formula is C14H23N5O2. The summed E-state index contributed by atoms with van der Waals surface area (Å²) >= 11 is 0. The molecule has 0 spiro atoms. The van der Waals surface area contributed by atoms with Crippen LogP contribution in [0.4, 0.5) is 11.8 Å². The van der Waals surface area contributed by atoms with Gasteiger partial charge in [-0.05, 0) is 20.8 Å². The Morgan fingerprint density at radius 3 is 3.00 bits per heavy atom. The van der Waals surface area contributed by atoms with Gasteiger partial charge in [-0.25, -0.2) is 4.98 Å². The number of morpholine rings is 1. The normalized spacial score (nSPS) is 18.4. The zero-order valence-corrected chi connectivity index (χ0v) is 12.8. The van der Waals surface area contributed by atoms with Crippen molar-refractivity contribution in [1.29, 1.82) is 0 Å². The van der Waals surface area contributed by atoms with E-state index in [9.17, 15) is 4.79 Å². The maximum absolute atomic E-state index is 12.2. The van der Waals surface area contributed by atoms with Gasteiger partial charge in [-0.15, -0.1) is 0 Å². The van der Waals surface area contributed by atoms with Gasteiger partial charge in [0.05, 0.1) is 13.2 Å². The van der Waals surface area contributed by atoms with Gasteiger partial charge in [-0.1, -0.05) is 0 Å². The molecule has 21 heavy (non-hydrogen) atoms. The molecule has 0 aromatic carbocycles. The van der Waals surface area contributed by atoms with Crippen LogP contribution in [0.2, 0.25) is 0 Å². The molecule has 1 amide bonds. The van der Waals surface area contributed by atoms with Gasteiger partial charge >= 0.3 is 0 Å². The minimum atomic E-state index is -0.346. The number of anilines is 2. The van der Waals surface area contributed by atoms with Crippen LogP contribution in [0, 0.1) is 6.92 Å². The summed E-state index contributed by atoms with van der Waals surface area (Å²) in [5.74, 6) is 1.35. The first-order chi connectivity index (χ1) is 10.2. The van der Waals surface area contributed by atoms with Gasteiger partial charge in [-0.3, -0.25) is 4.79 Å². The van der Waals surface area contributed by atoms with Gasteiger partial charge in [0.15, 0.2) is 0 Å². The molecule has 7 heteroatoms. The molecule has 1 aliphatic heterocycles. The summed E-state index contributed by atoms with van der Waals surface area (Å²) in [4.78, 5) is 23.0. The van der Waals surface area contributed by atoms with Gasteiger partial charge in [-0.2, -0.15) is 4.98 Å². The van der Waals surface area contributed by atoms with E-state index in [1.54, 1.807) is 6.20 Å². The highest BCUT2D eigenvalue weighted by Crippen LogP contribution is 2.22. The number of rotatable bonds is 5. The minimum Gasteiger partial charge on any atom is -0.377 e. The highest BCUT2D eigenvalue weighted by molar-refractivity contribution is 5.85. The van der Waals surface area contributed by atoms with Crippen molar-refractivity contribution in [2.45, 2.75) is 26.8 Å². The molecule has 7 nitrogen and oxygen atoms in total. The smallest absolute Gasteiger partial charge is 0.245 e. The lowest BCUT2D eigenvalue weighted by molar-refractivity contribution is -0.124. The van der Waals surface area contributed by atoms with E-state index in [1.807, 2.05) is 25.7 Å². The maximum atomic E-state index is 12.2. The predicted molar refractivity (Wildman–Crippen MR) is 81.6 cm³/mol. The Hall–Kier alpha value is -1.89. The van der Waals surface area contributed by atoms with Gasteiger partial charge in [0.2, 0.25) is 11.9 Å². The Kier molecular flexibility index (Phi) is 5.32. The Morgan fingerprint density at radius 1 is 1.48 bits per heavy atom. The second-order valence-corrected chi connectivity index (χ2v) is 4.91. The van der Waals surface area contributed by atoms with Crippen LogP contribution >= 0.6 is 0 Å².